The van der Waals surface area contributed by atoms with Gasteiger partial charge in [0.25, 0.3) is 0 Å². The second-order valence-electron chi connectivity index (χ2n) is 5.74. The van der Waals surface area contributed by atoms with Crippen molar-refractivity contribution in [1.29, 1.82) is 0 Å². The van der Waals surface area contributed by atoms with Crippen LogP contribution in [0.1, 0.15) is 18.4 Å². The predicted octanol–water partition coefficient (Wildman–Crippen LogP) is 2.49. The average Bonchev–Trinajstić information content (AvgIpc) is 3.12. The first-order chi connectivity index (χ1) is 11.0. The van der Waals surface area contributed by atoms with Crippen LogP contribution in [-0.2, 0) is 18.4 Å². The molecule has 6 heteroatoms. The zero-order chi connectivity index (χ0) is 16.4. The van der Waals surface area contributed by atoms with Gasteiger partial charge in [-0.05, 0) is 37.1 Å². The number of nitrogens with one attached hydrogen (secondary N) is 1. The molecule has 1 aromatic carbocycles. The lowest BCUT2D eigenvalue weighted by molar-refractivity contribution is -0.132. The third-order valence-corrected chi connectivity index (χ3v) is 3.99. The highest BCUT2D eigenvalue weighted by Crippen LogP contribution is 2.24. The lowest BCUT2D eigenvalue weighted by Gasteiger charge is -2.12. The molecule has 2 aromatic rings. The molecule has 5 nitrogen and oxygen atoms in total. The van der Waals surface area contributed by atoms with Crippen molar-refractivity contribution in [2.24, 2.45) is 7.05 Å². The fourth-order valence-electron chi connectivity index (χ4n) is 2.82. The molecule has 1 aromatic heterocycles. The minimum Gasteiger partial charge on any atom is -0.478 e. The van der Waals surface area contributed by atoms with Crippen molar-refractivity contribution < 1.29 is 14.3 Å². The summed E-state index contributed by atoms with van der Waals surface area (Å²) in [6.07, 6.45) is 4.94. The summed E-state index contributed by atoms with van der Waals surface area (Å²) in [5, 5.41) is 16.8. The molecular weight excluding hydrogens is 297 g/mol. The van der Waals surface area contributed by atoms with Crippen LogP contribution in [0, 0.1) is 5.82 Å². The van der Waals surface area contributed by atoms with Crippen LogP contribution in [0.5, 0.6) is 0 Å². The number of rotatable bonds is 5. The number of carboxylic acids is 1. The van der Waals surface area contributed by atoms with Crippen molar-refractivity contribution in [3.8, 4) is 11.3 Å². The Hall–Kier alpha value is -2.47. The topological polar surface area (TPSA) is 67.2 Å². The number of carbonyl (C=O) groups is 1. The van der Waals surface area contributed by atoms with Gasteiger partial charge in [0.1, 0.15) is 5.82 Å². The van der Waals surface area contributed by atoms with Crippen LogP contribution < -0.4 is 5.32 Å². The zero-order valence-corrected chi connectivity index (χ0v) is 12.8. The third kappa shape index (κ3) is 3.48. The monoisotopic (exact) mass is 315 g/mol. The van der Waals surface area contributed by atoms with Crippen LogP contribution >= 0.6 is 0 Å². The smallest absolute Gasteiger partial charge is 0.331 e. The minimum absolute atomic E-state index is 0.127. The van der Waals surface area contributed by atoms with E-state index in [4.69, 9.17) is 5.11 Å². The van der Waals surface area contributed by atoms with Gasteiger partial charge in [-0.1, -0.05) is 6.08 Å². The lowest BCUT2D eigenvalue weighted by atomic mass is 10.1. The molecule has 0 fully saturated rings. The van der Waals surface area contributed by atoms with Crippen LogP contribution in [-0.4, -0.2) is 26.9 Å². The molecule has 0 saturated carbocycles. The van der Waals surface area contributed by atoms with E-state index >= 15 is 0 Å². The minimum atomic E-state index is -0.845. The summed E-state index contributed by atoms with van der Waals surface area (Å²) in [5.41, 5.74) is 3.14. The molecule has 120 valence electrons. The number of benzene rings is 1. The van der Waals surface area contributed by atoms with E-state index in [0.717, 1.165) is 16.8 Å². The highest BCUT2D eigenvalue weighted by atomic mass is 19.1. The molecule has 0 saturated heterocycles. The summed E-state index contributed by atoms with van der Waals surface area (Å²) in [5.74, 6) is -1.12. The van der Waals surface area contributed by atoms with Crippen molar-refractivity contribution in [2.75, 3.05) is 0 Å². The second kappa shape index (κ2) is 6.34. The zero-order valence-electron chi connectivity index (χ0n) is 12.8. The molecule has 23 heavy (non-hydrogen) atoms. The highest BCUT2D eigenvalue weighted by Gasteiger charge is 2.21. The largest absolute Gasteiger partial charge is 0.478 e. The molecule has 1 heterocycles. The van der Waals surface area contributed by atoms with Crippen LogP contribution in [0.3, 0.4) is 0 Å². The molecule has 0 spiro atoms. The number of halogens is 1. The first kappa shape index (κ1) is 15.4. The summed E-state index contributed by atoms with van der Waals surface area (Å²) in [6, 6.07) is 6.38. The molecule has 2 N–H and O–H groups in total. The first-order valence-electron chi connectivity index (χ1n) is 7.47. The van der Waals surface area contributed by atoms with Gasteiger partial charge in [0.2, 0.25) is 0 Å². The van der Waals surface area contributed by atoms with Gasteiger partial charge in [-0.3, -0.25) is 4.68 Å². The summed E-state index contributed by atoms with van der Waals surface area (Å²) >= 11 is 0. The number of aliphatic carboxylic acids is 1. The molecule has 1 aliphatic carbocycles. The van der Waals surface area contributed by atoms with Crippen molar-refractivity contribution in [2.45, 2.75) is 25.4 Å². The number of carboxylic acid groups (broad SMARTS) is 1. The van der Waals surface area contributed by atoms with Gasteiger partial charge in [-0.15, -0.1) is 0 Å². The Morgan fingerprint density at radius 1 is 1.43 bits per heavy atom. The van der Waals surface area contributed by atoms with Gasteiger partial charge in [-0.2, -0.15) is 5.10 Å². The van der Waals surface area contributed by atoms with Gasteiger partial charge < -0.3 is 10.4 Å². The van der Waals surface area contributed by atoms with Crippen molar-refractivity contribution in [3.05, 3.63) is 53.5 Å². The molecule has 1 aliphatic rings. The number of hydrogen-bond donors (Lipinski definition) is 2. The Balaban J connectivity index is 1.70. The first-order valence-corrected chi connectivity index (χ1v) is 7.47. The van der Waals surface area contributed by atoms with Crippen molar-refractivity contribution in [3.63, 3.8) is 0 Å². The fraction of sp³-hybridized carbons (Fsp3) is 0.294. The summed E-state index contributed by atoms with van der Waals surface area (Å²) in [7, 11) is 1.84. The Morgan fingerprint density at radius 3 is 2.83 bits per heavy atom. The molecule has 1 unspecified atom stereocenters. The molecule has 3 rings (SSSR count). The van der Waals surface area contributed by atoms with E-state index in [1.165, 1.54) is 12.1 Å². The molecule has 1 atom stereocenters. The highest BCUT2D eigenvalue weighted by molar-refractivity contribution is 5.87. The third-order valence-electron chi connectivity index (χ3n) is 3.99. The van der Waals surface area contributed by atoms with E-state index in [9.17, 15) is 9.18 Å². The maximum atomic E-state index is 13.1. The van der Waals surface area contributed by atoms with E-state index in [1.54, 1.807) is 22.9 Å². The second-order valence-corrected chi connectivity index (χ2v) is 5.74. The summed E-state index contributed by atoms with van der Waals surface area (Å²) < 4.78 is 14.8. The molecule has 0 bridgehead atoms. The normalized spacial score (nSPS) is 17.3. The Kier molecular flexibility index (Phi) is 4.25. The summed E-state index contributed by atoms with van der Waals surface area (Å²) in [4.78, 5) is 11.0. The Bertz CT molecular complexity index is 750. The van der Waals surface area contributed by atoms with Crippen molar-refractivity contribution in [1.82, 2.24) is 15.1 Å². The van der Waals surface area contributed by atoms with Gasteiger partial charge in [0, 0.05) is 42.5 Å². The quantitative estimate of drug-likeness (QED) is 0.889. The Morgan fingerprint density at radius 2 is 2.17 bits per heavy atom. The number of nitrogens with zero attached hydrogens (tertiary/aromatic N) is 2. The number of aromatic nitrogens is 2. The van der Waals surface area contributed by atoms with Crippen LogP contribution in [0.2, 0.25) is 0 Å². The molecule has 0 amide bonds. The lowest BCUT2D eigenvalue weighted by Crippen LogP contribution is -2.26. The fourth-order valence-corrected chi connectivity index (χ4v) is 2.82. The van der Waals surface area contributed by atoms with Crippen molar-refractivity contribution >= 4 is 5.97 Å². The standard InChI is InChI=1S/C17H18FN3O2/c1-21-10-13(9-19-15-7-4-12(8-15)17(22)23)16(20-21)11-2-5-14(18)6-3-11/h2-6,10,15,19H,7-9H2,1H3,(H,22,23). The van der Waals surface area contributed by atoms with Crippen LogP contribution in [0.4, 0.5) is 4.39 Å². The van der Waals surface area contributed by atoms with Crippen LogP contribution in [0.15, 0.2) is 42.1 Å². The molecule has 0 radical (unpaired) electrons. The van der Waals surface area contributed by atoms with E-state index < -0.39 is 5.97 Å². The molecular formula is C17H18FN3O2. The maximum Gasteiger partial charge on any atom is 0.331 e. The average molecular weight is 315 g/mol. The predicted molar refractivity (Wildman–Crippen MR) is 84.2 cm³/mol. The van der Waals surface area contributed by atoms with Gasteiger partial charge in [0.05, 0.1) is 5.69 Å². The van der Waals surface area contributed by atoms with E-state index in [1.807, 2.05) is 13.2 Å². The van der Waals surface area contributed by atoms with E-state index in [0.29, 0.717) is 25.0 Å². The number of aryl methyl sites for hydroxylation is 1. The van der Waals surface area contributed by atoms with Crippen LogP contribution in [0.25, 0.3) is 11.3 Å². The van der Waals surface area contributed by atoms with Gasteiger partial charge in [0.15, 0.2) is 0 Å². The Labute approximate surface area is 133 Å². The van der Waals surface area contributed by atoms with Gasteiger partial charge >= 0.3 is 5.97 Å². The number of hydrogen-bond acceptors (Lipinski definition) is 3. The molecule has 0 aliphatic heterocycles. The SMILES string of the molecule is Cn1cc(CNC2CC=C(C(=O)O)C2)c(-c2ccc(F)cc2)n1. The maximum absolute atomic E-state index is 13.1. The van der Waals surface area contributed by atoms with Gasteiger partial charge in [-0.25, -0.2) is 9.18 Å². The van der Waals surface area contributed by atoms with E-state index in [-0.39, 0.29) is 11.9 Å². The summed E-state index contributed by atoms with van der Waals surface area (Å²) in [6.45, 7) is 0.589. The van der Waals surface area contributed by atoms with E-state index in [2.05, 4.69) is 10.4 Å².